The van der Waals surface area contributed by atoms with Crippen molar-refractivity contribution in [2.75, 3.05) is 6.61 Å². The SMILES string of the molecule is Cc1c(C(=O)O)ccc(C(=O)C(CO)c2ccccc2)c1C. The summed E-state index contributed by atoms with van der Waals surface area (Å²) in [6, 6.07) is 12.0. The largest absolute Gasteiger partial charge is 0.478 e. The molecule has 0 aliphatic carbocycles. The lowest BCUT2D eigenvalue weighted by molar-refractivity contribution is 0.0695. The smallest absolute Gasteiger partial charge is 0.335 e. The summed E-state index contributed by atoms with van der Waals surface area (Å²) in [4.78, 5) is 23.9. The third kappa shape index (κ3) is 2.92. The molecular weight excluding hydrogens is 280 g/mol. The zero-order valence-corrected chi connectivity index (χ0v) is 12.5. The molecule has 4 heteroatoms. The molecule has 1 atom stereocenters. The molecule has 0 aliphatic rings. The molecule has 2 aromatic rings. The molecular formula is C18H18O4. The number of carboxylic acid groups (broad SMARTS) is 1. The molecule has 2 rings (SSSR count). The van der Waals surface area contributed by atoms with Gasteiger partial charge in [0.1, 0.15) is 0 Å². The van der Waals surface area contributed by atoms with E-state index >= 15 is 0 Å². The molecule has 2 N–H and O–H groups in total. The van der Waals surface area contributed by atoms with Gasteiger partial charge in [-0.1, -0.05) is 36.4 Å². The maximum atomic E-state index is 12.7. The van der Waals surface area contributed by atoms with Gasteiger partial charge in [-0.25, -0.2) is 4.79 Å². The Morgan fingerprint density at radius 3 is 2.05 bits per heavy atom. The Morgan fingerprint density at radius 1 is 0.955 bits per heavy atom. The lowest BCUT2D eigenvalue weighted by atomic mass is 9.87. The minimum atomic E-state index is -1.01. The van der Waals surface area contributed by atoms with Crippen molar-refractivity contribution in [1.29, 1.82) is 0 Å². The topological polar surface area (TPSA) is 74.6 Å². The third-order valence-corrected chi connectivity index (χ3v) is 3.98. The van der Waals surface area contributed by atoms with Crippen LogP contribution in [0.1, 0.15) is 43.3 Å². The quantitative estimate of drug-likeness (QED) is 0.832. The van der Waals surface area contributed by atoms with Gasteiger partial charge in [0.2, 0.25) is 0 Å². The summed E-state index contributed by atoms with van der Waals surface area (Å²) in [6.45, 7) is 3.13. The van der Waals surface area contributed by atoms with Crippen molar-refractivity contribution >= 4 is 11.8 Å². The molecule has 0 bridgehead atoms. The first-order valence-electron chi connectivity index (χ1n) is 7.01. The second kappa shape index (κ2) is 6.54. The molecule has 1 unspecified atom stereocenters. The highest BCUT2D eigenvalue weighted by Crippen LogP contribution is 2.25. The maximum absolute atomic E-state index is 12.7. The van der Waals surface area contributed by atoms with Crippen molar-refractivity contribution in [2.24, 2.45) is 0 Å². The zero-order valence-electron chi connectivity index (χ0n) is 12.5. The van der Waals surface area contributed by atoms with Crippen molar-refractivity contribution in [3.63, 3.8) is 0 Å². The molecule has 4 nitrogen and oxygen atoms in total. The highest BCUT2D eigenvalue weighted by molar-refractivity contribution is 6.03. The van der Waals surface area contributed by atoms with Crippen molar-refractivity contribution in [3.8, 4) is 0 Å². The van der Waals surface area contributed by atoms with Gasteiger partial charge in [0, 0.05) is 5.56 Å². The van der Waals surface area contributed by atoms with Crippen LogP contribution in [0.5, 0.6) is 0 Å². The van der Waals surface area contributed by atoms with Crippen molar-refractivity contribution in [2.45, 2.75) is 19.8 Å². The van der Waals surface area contributed by atoms with E-state index in [1.165, 1.54) is 12.1 Å². The van der Waals surface area contributed by atoms with Crippen LogP contribution in [-0.2, 0) is 0 Å². The van der Waals surface area contributed by atoms with Crippen LogP contribution in [0.15, 0.2) is 42.5 Å². The first-order valence-corrected chi connectivity index (χ1v) is 7.01. The van der Waals surface area contributed by atoms with E-state index < -0.39 is 11.9 Å². The van der Waals surface area contributed by atoms with Gasteiger partial charge in [0.15, 0.2) is 5.78 Å². The standard InChI is InChI=1S/C18H18O4/c1-11-12(2)15(18(21)22)9-8-14(11)17(20)16(10-19)13-6-4-3-5-7-13/h3-9,16,19H,10H2,1-2H3,(H,21,22). The predicted octanol–water partition coefficient (Wildman–Crippen LogP) is 2.96. The summed E-state index contributed by atoms with van der Waals surface area (Å²) in [7, 11) is 0. The molecule has 22 heavy (non-hydrogen) atoms. The highest BCUT2D eigenvalue weighted by atomic mass is 16.4. The van der Waals surface area contributed by atoms with Crippen molar-refractivity contribution < 1.29 is 19.8 Å². The number of carbonyl (C=O) groups is 2. The molecule has 0 radical (unpaired) electrons. The molecule has 0 heterocycles. The van der Waals surface area contributed by atoms with Crippen LogP contribution in [0.4, 0.5) is 0 Å². The first-order chi connectivity index (χ1) is 10.5. The number of hydrogen-bond donors (Lipinski definition) is 2. The first kappa shape index (κ1) is 15.9. The fraction of sp³-hybridized carbons (Fsp3) is 0.222. The second-order valence-corrected chi connectivity index (χ2v) is 5.23. The molecule has 114 valence electrons. The number of ketones is 1. The van der Waals surface area contributed by atoms with Crippen LogP contribution in [0.2, 0.25) is 0 Å². The summed E-state index contributed by atoms with van der Waals surface area (Å²) in [5.74, 6) is -1.86. The van der Waals surface area contributed by atoms with Crippen LogP contribution in [0.3, 0.4) is 0 Å². The number of Topliss-reactive ketones (excluding diaryl/α,β-unsaturated/α-hetero) is 1. The average Bonchev–Trinajstić information content (AvgIpc) is 2.51. The molecule has 2 aromatic carbocycles. The highest BCUT2D eigenvalue weighted by Gasteiger charge is 2.24. The lowest BCUT2D eigenvalue weighted by Crippen LogP contribution is -2.18. The van der Waals surface area contributed by atoms with Crippen LogP contribution in [-0.4, -0.2) is 28.6 Å². The van der Waals surface area contributed by atoms with Crippen LogP contribution >= 0.6 is 0 Å². The molecule has 0 aliphatic heterocycles. The Kier molecular flexibility index (Phi) is 4.73. The van der Waals surface area contributed by atoms with E-state index in [9.17, 15) is 14.7 Å². The third-order valence-electron chi connectivity index (χ3n) is 3.98. The molecule has 0 aromatic heterocycles. The number of carboxylic acids is 1. The second-order valence-electron chi connectivity index (χ2n) is 5.23. The number of hydrogen-bond acceptors (Lipinski definition) is 3. The Balaban J connectivity index is 2.45. The van der Waals surface area contributed by atoms with Crippen molar-refractivity contribution in [1.82, 2.24) is 0 Å². The Labute approximate surface area is 129 Å². The van der Waals surface area contributed by atoms with Crippen LogP contribution < -0.4 is 0 Å². The van der Waals surface area contributed by atoms with Gasteiger partial charge >= 0.3 is 5.97 Å². The minimum absolute atomic E-state index is 0.189. The average molecular weight is 298 g/mol. The number of rotatable bonds is 5. The van der Waals surface area contributed by atoms with Gasteiger partial charge in [0.05, 0.1) is 18.1 Å². The van der Waals surface area contributed by atoms with Crippen molar-refractivity contribution in [3.05, 3.63) is 70.3 Å². The summed E-state index contributed by atoms with van der Waals surface area (Å²) >= 11 is 0. The van der Waals surface area contributed by atoms with E-state index in [-0.39, 0.29) is 18.0 Å². The summed E-state index contributed by atoms with van der Waals surface area (Å²) in [5, 5.41) is 18.7. The maximum Gasteiger partial charge on any atom is 0.335 e. The van der Waals surface area contributed by atoms with Gasteiger partial charge < -0.3 is 10.2 Å². The number of aliphatic hydroxyl groups is 1. The van der Waals surface area contributed by atoms with Gasteiger partial charge in [-0.3, -0.25) is 4.79 Å². The van der Waals surface area contributed by atoms with E-state index in [4.69, 9.17) is 5.11 Å². The van der Waals surface area contributed by atoms with E-state index in [1.54, 1.807) is 26.0 Å². The fourth-order valence-electron chi connectivity index (χ4n) is 2.53. The lowest BCUT2D eigenvalue weighted by Gasteiger charge is -2.17. The number of benzene rings is 2. The number of carbonyl (C=O) groups excluding carboxylic acids is 1. The van der Waals surface area contributed by atoms with Gasteiger partial charge in [0.25, 0.3) is 0 Å². The summed E-state index contributed by atoms with van der Waals surface area (Å²) < 4.78 is 0. The van der Waals surface area contributed by atoms with Gasteiger partial charge in [-0.05, 0) is 36.6 Å². The summed E-state index contributed by atoms with van der Waals surface area (Å²) in [6.07, 6.45) is 0. The molecule has 0 saturated heterocycles. The van der Waals surface area contributed by atoms with E-state index in [0.29, 0.717) is 16.7 Å². The van der Waals surface area contributed by atoms with E-state index in [2.05, 4.69) is 0 Å². The number of aliphatic hydroxyl groups excluding tert-OH is 1. The Bertz CT molecular complexity index is 705. The Hall–Kier alpha value is -2.46. The number of aromatic carboxylic acids is 1. The van der Waals surface area contributed by atoms with E-state index in [1.807, 2.05) is 18.2 Å². The predicted molar refractivity (Wildman–Crippen MR) is 83.5 cm³/mol. The Morgan fingerprint density at radius 2 is 1.50 bits per heavy atom. The molecule has 0 fully saturated rings. The van der Waals surface area contributed by atoms with Gasteiger partial charge in [-0.15, -0.1) is 0 Å². The summed E-state index contributed by atoms with van der Waals surface area (Å²) in [5.41, 5.74) is 2.59. The monoisotopic (exact) mass is 298 g/mol. The minimum Gasteiger partial charge on any atom is -0.478 e. The molecule has 0 saturated carbocycles. The van der Waals surface area contributed by atoms with E-state index in [0.717, 1.165) is 5.56 Å². The van der Waals surface area contributed by atoms with Gasteiger partial charge in [-0.2, -0.15) is 0 Å². The van der Waals surface area contributed by atoms with Crippen LogP contribution in [0.25, 0.3) is 0 Å². The molecule has 0 spiro atoms. The normalized spacial score (nSPS) is 12.0. The van der Waals surface area contributed by atoms with Crippen LogP contribution in [0, 0.1) is 13.8 Å². The zero-order chi connectivity index (χ0) is 16.3. The molecule has 0 amide bonds. The fourth-order valence-corrected chi connectivity index (χ4v) is 2.53.